The first-order chi connectivity index (χ1) is 6.35. The van der Waals surface area contributed by atoms with Gasteiger partial charge >= 0.3 is 0 Å². The molecule has 0 aromatic rings. The predicted octanol–water partition coefficient (Wildman–Crippen LogP) is 2.95. The number of carbonyl (C=O) groups is 1. The normalized spacial score (nSPS) is 12.8. The van der Waals surface area contributed by atoms with Gasteiger partial charge in [-0.15, -0.1) is 0 Å². The zero-order valence-corrected chi connectivity index (χ0v) is 8.92. The van der Waals surface area contributed by atoms with Gasteiger partial charge in [0.05, 0.1) is 0 Å². The largest absolute Gasteiger partial charge is 0.374 e. The van der Waals surface area contributed by atoms with E-state index in [0.29, 0.717) is 0 Å². The Morgan fingerprint density at radius 3 is 2.31 bits per heavy atom. The Morgan fingerprint density at radius 2 is 1.77 bits per heavy atom. The van der Waals surface area contributed by atoms with Crippen LogP contribution in [0, 0.1) is 0 Å². The molecule has 0 spiro atoms. The highest BCUT2D eigenvalue weighted by atomic mass is 16.5. The van der Waals surface area contributed by atoms with Gasteiger partial charge in [-0.3, -0.25) is 0 Å². The second-order valence-corrected chi connectivity index (χ2v) is 3.47. The summed E-state index contributed by atoms with van der Waals surface area (Å²) < 4.78 is 4.96. The number of aldehydes is 1. The van der Waals surface area contributed by atoms with Crippen LogP contribution in [0.5, 0.6) is 0 Å². The molecule has 0 aromatic heterocycles. The number of hydrogen-bond acceptors (Lipinski definition) is 2. The molecular formula is C11H22O2. The van der Waals surface area contributed by atoms with Crippen LogP contribution >= 0.6 is 0 Å². The zero-order chi connectivity index (χ0) is 9.94. The average Bonchev–Trinajstić information content (AvgIpc) is 2.17. The van der Waals surface area contributed by atoms with E-state index in [1.165, 1.54) is 32.1 Å². The molecule has 0 fully saturated rings. The van der Waals surface area contributed by atoms with Gasteiger partial charge in [-0.2, -0.15) is 0 Å². The number of unbranched alkanes of at least 4 members (excludes halogenated alkanes) is 5. The lowest BCUT2D eigenvalue weighted by Crippen LogP contribution is -2.11. The van der Waals surface area contributed by atoms with Crippen LogP contribution in [0.4, 0.5) is 0 Å². The third-order valence-corrected chi connectivity index (χ3v) is 2.30. The molecule has 0 radical (unpaired) electrons. The van der Waals surface area contributed by atoms with Crippen molar-refractivity contribution in [3.63, 3.8) is 0 Å². The van der Waals surface area contributed by atoms with Crippen molar-refractivity contribution in [3.8, 4) is 0 Å². The van der Waals surface area contributed by atoms with Crippen LogP contribution in [0.2, 0.25) is 0 Å². The number of methoxy groups -OCH3 is 1. The van der Waals surface area contributed by atoms with Gasteiger partial charge in [0.2, 0.25) is 0 Å². The fraction of sp³-hybridized carbons (Fsp3) is 0.909. The second kappa shape index (κ2) is 9.72. The van der Waals surface area contributed by atoms with Crippen molar-refractivity contribution in [2.45, 2.75) is 58.0 Å². The van der Waals surface area contributed by atoms with Gasteiger partial charge in [-0.1, -0.05) is 45.4 Å². The Hall–Kier alpha value is -0.370. The smallest absolute Gasteiger partial charge is 0.148 e. The van der Waals surface area contributed by atoms with Crippen LogP contribution in [0.15, 0.2) is 0 Å². The summed E-state index contributed by atoms with van der Waals surface area (Å²) in [6.45, 7) is 2.22. The minimum absolute atomic E-state index is 0.175. The van der Waals surface area contributed by atoms with Crippen molar-refractivity contribution in [1.82, 2.24) is 0 Å². The molecule has 0 bridgehead atoms. The minimum Gasteiger partial charge on any atom is -0.374 e. The lowest BCUT2D eigenvalue weighted by atomic mass is 10.1. The molecule has 78 valence electrons. The van der Waals surface area contributed by atoms with Crippen LogP contribution in [0.1, 0.15) is 51.9 Å². The van der Waals surface area contributed by atoms with Crippen molar-refractivity contribution < 1.29 is 9.53 Å². The molecule has 0 aliphatic carbocycles. The summed E-state index contributed by atoms with van der Waals surface area (Å²) in [5, 5.41) is 0. The lowest BCUT2D eigenvalue weighted by molar-refractivity contribution is -0.116. The summed E-state index contributed by atoms with van der Waals surface area (Å²) in [6, 6.07) is 0. The van der Waals surface area contributed by atoms with E-state index in [2.05, 4.69) is 6.92 Å². The third kappa shape index (κ3) is 7.97. The maximum Gasteiger partial charge on any atom is 0.148 e. The highest BCUT2D eigenvalue weighted by Crippen LogP contribution is 2.08. The molecule has 0 N–H and O–H groups in total. The van der Waals surface area contributed by atoms with E-state index in [1.807, 2.05) is 0 Å². The van der Waals surface area contributed by atoms with E-state index in [4.69, 9.17) is 4.74 Å². The molecule has 0 aromatic carbocycles. The quantitative estimate of drug-likeness (QED) is 0.409. The molecule has 0 heterocycles. The standard InChI is InChI=1S/C11H22O2/c1-3-4-5-6-7-8-9-11(10-12)13-2/h10-11H,3-9H2,1-2H3/t11-/m0/s1. The Balaban J connectivity index is 3.10. The summed E-state index contributed by atoms with van der Waals surface area (Å²) in [5.74, 6) is 0. The van der Waals surface area contributed by atoms with Gasteiger partial charge in [-0.25, -0.2) is 0 Å². The molecule has 0 aliphatic heterocycles. The van der Waals surface area contributed by atoms with Crippen LogP contribution in [0.25, 0.3) is 0 Å². The Bertz CT molecular complexity index is 113. The summed E-state index contributed by atoms with van der Waals surface area (Å²) in [5.41, 5.74) is 0. The first kappa shape index (κ1) is 12.6. The van der Waals surface area contributed by atoms with Crippen LogP contribution in [0.3, 0.4) is 0 Å². The molecule has 13 heavy (non-hydrogen) atoms. The van der Waals surface area contributed by atoms with Gasteiger partial charge in [0.25, 0.3) is 0 Å². The van der Waals surface area contributed by atoms with E-state index < -0.39 is 0 Å². The Kier molecular flexibility index (Phi) is 9.44. The second-order valence-electron chi connectivity index (χ2n) is 3.47. The fourth-order valence-electron chi connectivity index (χ4n) is 1.37. The monoisotopic (exact) mass is 186 g/mol. The number of ether oxygens (including phenoxy) is 1. The van der Waals surface area contributed by atoms with E-state index in [9.17, 15) is 4.79 Å². The average molecular weight is 186 g/mol. The van der Waals surface area contributed by atoms with Crippen LogP contribution < -0.4 is 0 Å². The van der Waals surface area contributed by atoms with Gasteiger partial charge in [0.15, 0.2) is 0 Å². The van der Waals surface area contributed by atoms with Crippen LogP contribution in [-0.2, 0) is 9.53 Å². The first-order valence-corrected chi connectivity index (χ1v) is 5.33. The maximum absolute atomic E-state index is 10.4. The highest BCUT2D eigenvalue weighted by molar-refractivity contribution is 5.55. The summed E-state index contributed by atoms with van der Waals surface area (Å²) in [4.78, 5) is 10.4. The highest BCUT2D eigenvalue weighted by Gasteiger charge is 2.03. The van der Waals surface area contributed by atoms with Crippen molar-refractivity contribution in [2.75, 3.05) is 7.11 Å². The Labute approximate surface area is 81.7 Å². The molecule has 2 heteroatoms. The molecule has 0 amide bonds. The van der Waals surface area contributed by atoms with Crippen molar-refractivity contribution in [1.29, 1.82) is 0 Å². The van der Waals surface area contributed by atoms with Crippen molar-refractivity contribution in [2.24, 2.45) is 0 Å². The number of hydrogen-bond donors (Lipinski definition) is 0. The molecule has 1 atom stereocenters. The SMILES string of the molecule is CCCCCCCC[C@@H](C=O)OC. The summed E-state index contributed by atoms with van der Waals surface area (Å²) in [7, 11) is 1.59. The zero-order valence-electron chi connectivity index (χ0n) is 8.92. The minimum atomic E-state index is -0.175. The van der Waals surface area contributed by atoms with Crippen molar-refractivity contribution in [3.05, 3.63) is 0 Å². The molecular weight excluding hydrogens is 164 g/mol. The van der Waals surface area contributed by atoms with Gasteiger partial charge in [0.1, 0.15) is 12.4 Å². The predicted molar refractivity (Wildman–Crippen MR) is 54.9 cm³/mol. The fourth-order valence-corrected chi connectivity index (χ4v) is 1.37. The summed E-state index contributed by atoms with van der Waals surface area (Å²) >= 11 is 0. The van der Waals surface area contributed by atoms with E-state index in [1.54, 1.807) is 7.11 Å². The van der Waals surface area contributed by atoms with E-state index in [-0.39, 0.29) is 6.10 Å². The molecule has 0 rings (SSSR count). The first-order valence-electron chi connectivity index (χ1n) is 5.33. The molecule has 0 saturated carbocycles. The van der Waals surface area contributed by atoms with Crippen molar-refractivity contribution >= 4 is 6.29 Å². The number of carbonyl (C=O) groups excluding carboxylic acids is 1. The van der Waals surface area contributed by atoms with Crippen LogP contribution in [-0.4, -0.2) is 19.5 Å². The van der Waals surface area contributed by atoms with Gasteiger partial charge < -0.3 is 9.53 Å². The van der Waals surface area contributed by atoms with E-state index in [0.717, 1.165) is 19.1 Å². The molecule has 0 aliphatic rings. The lowest BCUT2D eigenvalue weighted by Gasteiger charge is -2.06. The van der Waals surface area contributed by atoms with E-state index >= 15 is 0 Å². The third-order valence-electron chi connectivity index (χ3n) is 2.30. The molecule has 0 saturated heterocycles. The molecule has 2 nitrogen and oxygen atoms in total. The van der Waals surface area contributed by atoms with Gasteiger partial charge in [0, 0.05) is 7.11 Å². The topological polar surface area (TPSA) is 26.3 Å². The van der Waals surface area contributed by atoms with Gasteiger partial charge in [-0.05, 0) is 6.42 Å². The Morgan fingerprint density at radius 1 is 1.15 bits per heavy atom. The number of rotatable bonds is 9. The molecule has 0 unspecified atom stereocenters. The maximum atomic E-state index is 10.4. The summed E-state index contributed by atoms with van der Waals surface area (Å²) in [6.07, 6.45) is 9.19.